The van der Waals surface area contributed by atoms with Crippen LogP contribution < -0.4 is 0 Å². The summed E-state index contributed by atoms with van der Waals surface area (Å²) in [7, 11) is 2.58. The number of ether oxygens (including phenoxy) is 2. The number of fused-ring (bicyclic) bond motifs is 3. The van der Waals surface area contributed by atoms with Gasteiger partial charge >= 0.3 is 11.9 Å². The molecule has 23 heavy (non-hydrogen) atoms. The lowest BCUT2D eigenvalue weighted by Crippen LogP contribution is -2.31. The Morgan fingerprint density at radius 3 is 2.65 bits per heavy atom. The molecule has 0 fully saturated rings. The molecule has 0 bridgehead atoms. The Kier molecular flexibility index (Phi) is 4.30. The smallest absolute Gasteiger partial charge is 0.320 e. The Balaban J connectivity index is 2.12. The van der Waals surface area contributed by atoms with Gasteiger partial charge < -0.3 is 14.0 Å². The molecule has 1 aliphatic heterocycles. The monoisotopic (exact) mass is 334 g/mol. The van der Waals surface area contributed by atoms with Gasteiger partial charge in [-0.15, -0.1) is 11.8 Å². The van der Waals surface area contributed by atoms with E-state index in [1.165, 1.54) is 14.2 Å². The van der Waals surface area contributed by atoms with E-state index in [9.17, 15) is 9.59 Å². The van der Waals surface area contributed by atoms with Crippen molar-refractivity contribution in [2.45, 2.75) is 17.7 Å². The van der Waals surface area contributed by atoms with Gasteiger partial charge in [-0.05, 0) is 24.8 Å². The molecule has 0 saturated carbocycles. The highest BCUT2D eigenvalue weighted by Gasteiger charge is 2.44. The number of thioether (sulfide) groups is 1. The van der Waals surface area contributed by atoms with Crippen molar-refractivity contribution < 1.29 is 19.1 Å². The van der Waals surface area contributed by atoms with Crippen molar-refractivity contribution in [2.24, 2.45) is 5.92 Å². The summed E-state index contributed by atoms with van der Waals surface area (Å²) in [6, 6.07) is 3.96. The summed E-state index contributed by atoms with van der Waals surface area (Å²) < 4.78 is 11.9. The highest BCUT2D eigenvalue weighted by atomic mass is 32.2. The Morgan fingerprint density at radius 1 is 1.35 bits per heavy atom. The molecular weight excluding hydrogens is 316 g/mol. The van der Waals surface area contributed by atoms with Gasteiger partial charge in [0, 0.05) is 29.4 Å². The zero-order valence-electron chi connectivity index (χ0n) is 13.2. The first-order valence-corrected chi connectivity index (χ1v) is 8.54. The number of aromatic nitrogens is 2. The molecule has 1 aliphatic rings. The van der Waals surface area contributed by atoms with Crippen molar-refractivity contribution in [2.75, 3.05) is 20.5 Å². The molecule has 0 saturated heterocycles. The molecule has 0 spiro atoms. The number of methoxy groups -OCH3 is 2. The minimum Gasteiger partial charge on any atom is -0.468 e. The third kappa shape index (κ3) is 2.49. The second-order valence-electron chi connectivity index (χ2n) is 5.43. The lowest BCUT2D eigenvalue weighted by atomic mass is 9.88. The van der Waals surface area contributed by atoms with E-state index >= 15 is 0 Å². The second-order valence-corrected chi connectivity index (χ2v) is 6.45. The van der Waals surface area contributed by atoms with Crippen molar-refractivity contribution in [3.8, 4) is 0 Å². The average Bonchev–Trinajstić information content (AvgIpc) is 3.12. The van der Waals surface area contributed by atoms with E-state index in [0.29, 0.717) is 6.42 Å². The molecule has 122 valence electrons. The maximum Gasteiger partial charge on any atom is 0.320 e. The highest BCUT2D eigenvalue weighted by molar-refractivity contribution is 7.98. The van der Waals surface area contributed by atoms with Gasteiger partial charge in [-0.1, -0.05) is 0 Å². The van der Waals surface area contributed by atoms with Crippen LogP contribution in [-0.2, 0) is 19.1 Å². The van der Waals surface area contributed by atoms with Crippen molar-refractivity contribution in [1.82, 2.24) is 9.55 Å². The summed E-state index contributed by atoms with van der Waals surface area (Å²) in [6.07, 6.45) is 6.25. The van der Waals surface area contributed by atoms with Crippen LogP contribution in [0.3, 0.4) is 0 Å². The summed E-state index contributed by atoms with van der Waals surface area (Å²) in [6.45, 7) is 0. The number of esters is 2. The predicted octanol–water partition coefficient (Wildman–Crippen LogP) is 2.35. The first-order valence-electron chi connectivity index (χ1n) is 7.25. The van der Waals surface area contributed by atoms with E-state index in [0.717, 1.165) is 16.6 Å². The molecule has 0 aliphatic carbocycles. The number of nitrogens with zero attached hydrogens (tertiary/aromatic N) is 2. The largest absolute Gasteiger partial charge is 0.468 e. The van der Waals surface area contributed by atoms with E-state index < -0.39 is 17.9 Å². The lowest BCUT2D eigenvalue weighted by Gasteiger charge is -2.18. The molecule has 2 aromatic heterocycles. The summed E-state index contributed by atoms with van der Waals surface area (Å²) in [5.41, 5.74) is 2.01. The van der Waals surface area contributed by atoms with Gasteiger partial charge in [-0.2, -0.15) is 0 Å². The summed E-state index contributed by atoms with van der Waals surface area (Å²) in [4.78, 5) is 28.5. The zero-order chi connectivity index (χ0) is 16.6. The number of hydrogen-bond donors (Lipinski definition) is 0. The molecule has 7 heteroatoms. The normalized spacial score (nSPS) is 19.8. The van der Waals surface area contributed by atoms with Crippen molar-refractivity contribution in [1.29, 1.82) is 0 Å². The number of rotatable bonds is 4. The zero-order valence-corrected chi connectivity index (χ0v) is 14.0. The molecule has 2 aromatic rings. The molecule has 0 N–H and O–H groups in total. The molecule has 2 unspecified atom stereocenters. The Labute approximate surface area is 138 Å². The molecule has 0 amide bonds. The van der Waals surface area contributed by atoms with Gasteiger partial charge in [0.15, 0.2) is 5.92 Å². The van der Waals surface area contributed by atoms with E-state index in [2.05, 4.69) is 9.55 Å². The Bertz CT molecular complexity index is 742. The average molecular weight is 334 g/mol. The molecule has 3 heterocycles. The molecule has 2 atom stereocenters. The molecule has 0 radical (unpaired) electrons. The minimum absolute atomic E-state index is 0.159. The highest BCUT2D eigenvalue weighted by Crippen LogP contribution is 2.48. The van der Waals surface area contributed by atoms with Crippen LogP contribution in [0, 0.1) is 5.92 Å². The van der Waals surface area contributed by atoms with Gasteiger partial charge in [0.05, 0.1) is 25.1 Å². The lowest BCUT2D eigenvalue weighted by molar-refractivity contribution is -0.160. The number of carbonyl (C=O) groups is 2. The molecule has 3 rings (SSSR count). The van der Waals surface area contributed by atoms with Crippen LogP contribution >= 0.6 is 11.8 Å². The number of carbonyl (C=O) groups excluding carboxylic acids is 2. The molecular formula is C16H18N2O4S. The van der Waals surface area contributed by atoms with E-state index in [4.69, 9.17) is 9.47 Å². The van der Waals surface area contributed by atoms with Crippen LogP contribution in [-0.4, -0.2) is 42.0 Å². The maximum atomic E-state index is 12.2. The fourth-order valence-corrected chi connectivity index (χ4v) is 4.18. The maximum absolute atomic E-state index is 12.2. The summed E-state index contributed by atoms with van der Waals surface area (Å²) in [5, 5.41) is 1.16. The molecule has 6 nitrogen and oxygen atoms in total. The minimum atomic E-state index is -0.946. The van der Waals surface area contributed by atoms with Crippen molar-refractivity contribution in [3.63, 3.8) is 0 Å². The fraction of sp³-hybridized carbons (Fsp3) is 0.438. The first kappa shape index (κ1) is 15.9. The van der Waals surface area contributed by atoms with Crippen LogP contribution in [0.15, 0.2) is 24.5 Å². The van der Waals surface area contributed by atoms with Crippen molar-refractivity contribution >= 4 is 34.6 Å². The summed E-state index contributed by atoms with van der Waals surface area (Å²) >= 11 is 1.69. The van der Waals surface area contributed by atoms with E-state index in [1.807, 2.05) is 18.4 Å². The van der Waals surface area contributed by atoms with Gasteiger partial charge in [0.2, 0.25) is 0 Å². The van der Waals surface area contributed by atoms with E-state index in [-0.39, 0.29) is 11.3 Å². The summed E-state index contributed by atoms with van der Waals surface area (Å²) in [5.74, 6) is -2.32. The fourth-order valence-electron chi connectivity index (χ4n) is 3.34. The van der Waals surface area contributed by atoms with Crippen LogP contribution in [0.25, 0.3) is 10.9 Å². The third-order valence-electron chi connectivity index (χ3n) is 4.38. The Morgan fingerprint density at radius 2 is 2.04 bits per heavy atom. The van der Waals surface area contributed by atoms with Crippen LogP contribution in [0.4, 0.5) is 0 Å². The van der Waals surface area contributed by atoms with Gasteiger partial charge in [-0.25, -0.2) is 0 Å². The van der Waals surface area contributed by atoms with Gasteiger partial charge in [0.25, 0.3) is 0 Å². The predicted molar refractivity (Wildman–Crippen MR) is 87.2 cm³/mol. The quantitative estimate of drug-likeness (QED) is 0.631. The molecule has 0 aromatic carbocycles. The standard InChI is InChI=1S/C16H18N2O4S/c1-21-15(19)14(16(20)22-2)10-7-13(23-3)18-11-4-5-17-8-9(11)6-12(10)18/h4-6,8,10,13-14H,7H2,1-3H3. The SMILES string of the molecule is COC(=O)C(C(=O)OC)C1CC(SC)n2c1cc1cnccc12. The van der Waals surface area contributed by atoms with Crippen LogP contribution in [0.5, 0.6) is 0 Å². The van der Waals surface area contributed by atoms with Crippen LogP contribution in [0.2, 0.25) is 0 Å². The topological polar surface area (TPSA) is 70.4 Å². The third-order valence-corrected chi connectivity index (χ3v) is 5.32. The first-order chi connectivity index (χ1) is 11.1. The Hall–Kier alpha value is -2.02. The van der Waals surface area contributed by atoms with E-state index in [1.54, 1.807) is 24.2 Å². The second kappa shape index (κ2) is 6.23. The van der Waals surface area contributed by atoms with Gasteiger partial charge in [0.1, 0.15) is 0 Å². The van der Waals surface area contributed by atoms with Crippen molar-refractivity contribution in [3.05, 3.63) is 30.2 Å². The number of hydrogen-bond acceptors (Lipinski definition) is 6. The number of pyridine rings is 1. The van der Waals surface area contributed by atoms with Crippen LogP contribution in [0.1, 0.15) is 23.4 Å². The van der Waals surface area contributed by atoms with Gasteiger partial charge in [-0.3, -0.25) is 14.6 Å².